The first-order valence-electron chi connectivity index (χ1n) is 5.99. The number of nitrogens with zero attached hydrogens (tertiary/aromatic N) is 1. The highest BCUT2D eigenvalue weighted by atomic mass is 127. The minimum atomic E-state index is 0. The first-order chi connectivity index (χ1) is 8.22. The predicted molar refractivity (Wildman–Crippen MR) is 84.1 cm³/mol. The number of nitrogens with two attached hydrogens (primary N) is 1. The van der Waals surface area contributed by atoms with Crippen molar-refractivity contribution < 1.29 is 4.79 Å². The van der Waals surface area contributed by atoms with Crippen molar-refractivity contribution in [2.45, 2.75) is 25.3 Å². The molecule has 1 aromatic carbocycles. The third kappa shape index (κ3) is 3.59. The molecule has 0 radical (unpaired) electrons. The molecule has 1 heterocycles. The highest BCUT2D eigenvalue weighted by Gasteiger charge is 2.26. The molecule has 1 fully saturated rings. The summed E-state index contributed by atoms with van der Waals surface area (Å²) in [6, 6.07) is 7.94. The molecule has 0 spiro atoms. The van der Waals surface area contributed by atoms with Crippen LogP contribution in [-0.4, -0.2) is 29.9 Å². The van der Waals surface area contributed by atoms with Crippen molar-refractivity contribution in [2.24, 2.45) is 5.73 Å². The van der Waals surface area contributed by atoms with E-state index in [0.29, 0.717) is 6.54 Å². The van der Waals surface area contributed by atoms with Crippen LogP contribution in [0.3, 0.4) is 0 Å². The lowest BCUT2D eigenvalue weighted by Crippen LogP contribution is -2.47. The predicted octanol–water partition coefficient (Wildman–Crippen LogP) is 2.67. The number of hydrogen-bond acceptors (Lipinski definition) is 2. The molecule has 0 saturated carbocycles. The van der Waals surface area contributed by atoms with E-state index in [9.17, 15) is 4.79 Å². The summed E-state index contributed by atoms with van der Waals surface area (Å²) in [6.45, 7) is 1.41. The zero-order chi connectivity index (χ0) is 12.3. The van der Waals surface area contributed by atoms with Crippen LogP contribution in [0.4, 0.5) is 0 Å². The smallest absolute Gasteiger partial charge is 0.254 e. The molecule has 0 aliphatic carbocycles. The van der Waals surface area contributed by atoms with Crippen LogP contribution >= 0.6 is 35.0 Å². The van der Waals surface area contributed by atoms with E-state index in [1.54, 1.807) is 0 Å². The van der Waals surface area contributed by atoms with Gasteiger partial charge in [-0.1, -0.05) is 0 Å². The molecule has 0 bridgehead atoms. The standard InChI is InChI=1S/C13H17IN2O.ClH/c14-11-6-4-10(5-7-11)13(17)16-8-2-1-3-12(16)9-15;/h4-7,12H,1-3,8-9,15H2;1H. The molecule has 1 aromatic rings. The van der Waals surface area contributed by atoms with Gasteiger partial charge in [0.05, 0.1) is 0 Å². The number of carbonyl (C=O) groups is 1. The molecule has 2 N–H and O–H groups in total. The van der Waals surface area contributed by atoms with Gasteiger partial charge in [0.1, 0.15) is 0 Å². The van der Waals surface area contributed by atoms with Gasteiger partial charge < -0.3 is 10.6 Å². The summed E-state index contributed by atoms with van der Waals surface area (Å²) in [6.07, 6.45) is 3.30. The summed E-state index contributed by atoms with van der Waals surface area (Å²) in [4.78, 5) is 14.3. The van der Waals surface area contributed by atoms with Crippen LogP contribution in [0.25, 0.3) is 0 Å². The molecule has 1 atom stereocenters. The average molecular weight is 381 g/mol. The van der Waals surface area contributed by atoms with Gasteiger partial charge in [0.15, 0.2) is 0 Å². The van der Waals surface area contributed by atoms with E-state index in [2.05, 4.69) is 22.6 Å². The molecule has 100 valence electrons. The maximum Gasteiger partial charge on any atom is 0.254 e. The van der Waals surface area contributed by atoms with Gasteiger partial charge in [-0.25, -0.2) is 0 Å². The fourth-order valence-corrected chi connectivity index (χ4v) is 2.63. The van der Waals surface area contributed by atoms with E-state index in [1.165, 1.54) is 6.42 Å². The normalized spacial score (nSPS) is 19.2. The van der Waals surface area contributed by atoms with Gasteiger partial charge in [-0.15, -0.1) is 12.4 Å². The van der Waals surface area contributed by atoms with Crippen molar-refractivity contribution in [1.29, 1.82) is 0 Å². The van der Waals surface area contributed by atoms with Crippen molar-refractivity contribution in [3.05, 3.63) is 33.4 Å². The molecule has 1 aliphatic heterocycles. The summed E-state index contributed by atoms with van der Waals surface area (Å²) in [5.41, 5.74) is 6.51. The molecule has 3 nitrogen and oxygen atoms in total. The van der Waals surface area contributed by atoms with Crippen LogP contribution in [0, 0.1) is 3.57 Å². The number of benzene rings is 1. The first-order valence-corrected chi connectivity index (χ1v) is 7.07. The van der Waals surface area contributed by atoms with E-state index in [1.807, 2.05) is 29.2 Å². The highest BCUT2D eigenvalue weighted by molar-refractivity contribution is 14.1. The van der Waals surface area contributed by atoms with Crippen molar-refractivity contribution in [2.75, 3.05) is 13.1 Å². The molecule has 1 amide bonds. The average Bonchev–Trinajstić information content (AvgIpc) is 2.39. The van der Waals surface area contributed by atoms with Crippen molar-refractivity contribution >= 4 is 40.9 Å². The Bertz CT molecular complexity index is 396. The Labute approximate surface area is 128 Å². The number of hydrogen-bond donors (Lipinski definition) is 1. The summed E-state index contributed by atoms with van der Waals surface area (Å²) in [7, 11) is 0. The second-order valence-corrected chi connectivity index (χ2v) is 5.64. The fourth-order valence-electron chi connectivity index (χ4n) is 2.27. The zero-order valence-corrected chi connectivity index (χ0v) is 13.1. The Morgan fingerprint density at radius 1 is 1.33 bits per heavy atom. The summed E-state index contributed by atoms with van der Waals surface area (Å²) < 4.78 is 1.15. The van der Waals surface area contributed by atoms with Crippen LogP contribution in [0.2, 0.25) is 0 Å². The summed E-state index contributed by atoms with van der Waals surface area (Å²) in [5, 5.41) is 0. The van der Waals surface area contributed by atoms with Gasteiger partial charge in [0.2, 0.25) is 0 Å². The molecule has 1 saturated heterocycles. The lowest BCUT2D eigenvalue weighted by molar-refractivity contribution is 0.0623. The van der Waals surface area contributed by atoms with Gasteiger partial charge in [-0.2, -0.15) is 0 Å². The van der Waals surface area contributed by atoms with E-state index in [0.717, 1.165) is 28.5 Å². The van der Waals surface area contributed by atoms with E-state index in [4.69, 9.17) is 5.73 Å². The number of piperidine rings is 1. The van der Waals surface area contributed by atoms with E-state index < -0.39 is 0 Å². The van der Waals surface area contributed by atoms with Crippen LogP contribution in [0.15, 0.2) is 24.3 Å². The molecular weight excluding hydrogens is 363 g/mol. The highest BCUT2D eigenvalue weighted by Crippen LogP contribution is 2.19. The molecular formula is C13H18ClIN2O. The Morgan fingerprint density at radius 3 is 2.61 bits per heavy atom. The Hall–Kier alpha value is -0.330. The van der Waals surface area contributed by atoms with Crippen molar-refractivity contribution in [3.63, 3.8) is 0 Å². The van der Waals surface area contributed by atoms with Crippen LogP contribution < -0.4 is 5.73 Å². The lowest BCUT2D eigenvalue weighted by Gasteiger charge is -2.35. The van der Waals surface area contributed by atoms with Crippen molar-refractivity contribution in [3.8, 4) is 0 Å². The second-order valence-electron chi connectivity index (χ2n) is 4.39. The largest absolute Gasteiger partial charge is 0.334 e. The van der Waals surface area contributed by atoms with E-state index >= 15 is 0 Å². The molecule has 18 heavy (non-hydrogen) atoms. The lowest BCUT2D eigenvalue weighted by atomic mass is 10.0. The maximum absolute atomic E-state index is 12.3. The van der Waals surface area contributed by atoms with Gasteiger partial charge in [-0.05, 0) is 66.1 Å². The topological polar surface area (TPSA) is 46.3 Å². The zero-order valence-electron chi connectivity index (χ0n) is 10.1. The molecule has 2 rings (SSSR count). The number of likely N-dealkylation sites (tertiary alicyclic amines) is 1. The second kappa shape index (κ2) is 7.31. The first kappa shape index (κ1) is 15.7. The minimum absolute atomic E-state index is 0. The maximum atomic E-state index is 12.3. The number of carbonyl (C=O) groups excluding carboxylic acids is 1. The van der Waals surface area contributed by atoms with Crippen LogP contribution in [-0.2, 0) is 0 Å². The Balaban J connectivity index is 0.00000162. The SMILES string of the molecule is Cl.NCC1CCCCN1C(=O)c1ccc(I)cc1. The molecule has 5 heteroatoms. The van der Waals surface area contributed by atoms with Crippen LogP contribution in [0.5, 0.6) is 0 Å². The monoisotopic (exact) mass is 380 g/mol. The van der Waals surface area contributed by atoms with Gasteiger partial charge in [0, 0.05) is 28.3 Å². The van der Waals surface area contributed by atoms with Gasteiger partial charge in [0.25, 0.3) is 5.91 Å². The van der Waals surface area contributed by atoms with Crippen molar-refractivity contribution in [1.82, 2.24) is 4.90 Å². The van der Waals surface area contributed by atoms with Crippen LogP contribution in [0.1, 0.15) is 29.6 Å². The molecule has 0 aromatic heterocycles. The van der Waals surface area contributed by atoms with Gasteiger partial charge >= 0.3 is 0 Å². The number of amides is 1. The summed E-state index contributed by atoms with van der Waals surface area (Å²) >= 11 is 2.24. The third-order valence-corrected chi connectivity index (χ3v) is 3.97. The number of rotatable bonds is 2. The Kier molecular flexibility index (Phi) is 6.38. The Morgan fingerprint density at radius 2 is 2.00 bits per heavy atom. The molecule has 1 unspecified atom stereocenters. The third-order valence-electron chi connectivity index (χ3n) is 3.25. The molecule has 1 aliphatic rings. The van der Waals surface area contributed by atoms with E-state index in [-0.39, 0.29) is 24.4 Å². The minimum Gasteiger partial charge on any atom is -0.334 e. The van der Waals surface area contributed by atoms with Gasteiger partial charge in [-0.3, -0.25) is 4.79 Å². The number of halogens is 2. The summed E-state index contributed by atoms with van der Waals surface area (Å²) in [5.74, 6) is 0.122. The quantitative estimate of drug-likeness (QED) is 0.802. The fraction of sp³-hybridized carbons (Fsp3) is 0.462.